The molecule has 0 heterocycles. The average molecular weight is 293 g/mol. The van der Waals surface area contributed by atoms with E-state index in [-0.39, 0.29) is 0 Å². The van der Waals surface area contributed by atoms with Gasteiger partial charge in [-0.3, -0.25) is 0 Å². The van der Waals surface area contributed by atoms with Gasteiger partial charge in [0.05, 0.1) is 0 Å². The van der Waals surface area contributed by atoms with E-state index in [1.54, 1.807) is 0 Å². The Balaban J connectivity index is 4.29. The van der Waals surface area contributed by atoms with Gasteiger partial charge in [0.15, 0.2) is 0 Å². The standard InChI is InChI=1S/C19H36N2/c1-8-14-21(7)16-17(3)12-13-19(9-2)18(4)11-10-15-20(5)6/h9,12-13,18H,3,8,10-11,14-16H2,1-2,4-7H3/b13-12-,19-9+. The number of hydrogen-bond acceptors (Lipinski definition) is 2. The highest BCUT2D eigenvalue weighted by Crippen LogP contribution is 2.18. The van der Waals surface area contributed by atoms with Gasteiger partial charge in [0.25, 0.3) is 0 Å². The molecule has 0 N–H and O–H groups in total. The molecule has 0 saturated heterocycles. The third kappa shape index (κ3) is 10.5. The normalized spacial score (nSPS) is 14.4. The van der Waals surface area contributed by atoms with E-state index in [2.05, 4.69) is 76.5 Å². The Kier molecular flexibility index (Phi) is 11.3. The lowest BCUT2D eigenvalue weighted by Gasteiger charge is -2.17. The molecular formula is C19H36N2. The Morgan fingerprint density at radius 1 is 1.14 bits per heavy atom. The Morgan fingerprint density at radius 3 is 2.33 bits per heavy atom. The first kappa shape index (κ1) is 20.1. The van der Waals surface area contributed by atoms with Crippen molar-refractivity contribution in [1.29, 1.82) is 0 Å². The maximum Gasteiger partial charge on any atom is 0.0224 e. The van der Waals surface area contributed by atoms with Crippen molar-refractivity contribution in [3.8, 4) is 0 Å². The molecule has 2 heteroatoms. The lowest BCUT2D eigenvalue weighted by Crippen LogP contribution is -2.21. The quantitative estimate of drug-likeness (QED) is 0.522. The minimum absolute atomic E-state index is 0.618. The van der Waals surface area contributed by atoms with Crippen LogP contribution in [0.4, 0.5) is 0 Å². The van der Waals surface area contributed by atoms with Gasteiger partial charge in [-0.05, 0) is 77.5 Å². The second-order valence-corrected chi connectivity index (χ2v) is 6.36. The third-order valence-corrected chi connectivity index (χ3v) is 3.73. The summed E-state index contributed by atoms with van der Waals surface area (Å²) in [6.45, 7) is 14.1. The van der Waals surface area contributed by atoms with E-state index in [1.165, 1.54) is 37.0 Å². The van der Waals surface area contributed by atoms with Crippen LogP contribution in [0.2, 0.25) is 0 Å². The van der Waals surface area contributed by atoms with Crippen molar-refractivity contribution in [2.45, 2.75) is 40.0 Å². The summed E-state index contributed by atoms with van der Waals surface area (Å²) in [4.78, 5) is 4.58. The summed E-state index contributed by atoms with van der Waals surface area (Å²) in [6, 6.07) is 0. The first-order valence-electron chi connectivity index (χ1n) is 8.26. The molecule has 0 aromatic carbocycles. The molecule has 0 rings (SSSR count). The van der Waals surface area contributed by atoms with Gasteiger partial charge in [-0.25, -0.2) is 0 Å². The summed E-state index contributed by atoms with van der Waals surface area (Å²) >= 11 is 0. The Labute approximate surface area is 133 Å². The average Bonchev–Trinajstić information content (AvgIpc) is 2.39. The molecule has 122 valence electrons. The highest BCUT2D eigenvalue weighted by molar-refractivity contribution is 5.28. The summed E-state index contributed by atoms with van der Waals surface area (Å²) < 4.78 is 0. The van der Waals surface area contributed by atoms with Crippen LogP contribution in [0.25, 0.3) is 0 Å². The molecule has 0 aromatic heterocycles. The van der Waals surface area contributed by atoms with E-state index in [4.69, 9.17) is 0 Å². The van der Waals surface area contributed by atoms with Gasteiger partial charge in [-0.2, -0.15) is 0 Å². The molecule has 0 aliphatic heterocycles. The lowest BCUT2D eigenvalue weighted by atomic mass is 9.95. The smallest absolute Gasteiger partial charge is 0.0224 e. The van der Waals surface area contributed by atoms with E-state index < -0.39 is 0 Å². The third-order valence-electron chi connectivity index (χ3n) is 3.73. The molecule has 0 fully saturated rings. The van der Waals surface area contributed by atoms with E-state index >= 15 is 0 Å². The summed E-state index contributed by atoms with van der Waals surface area (Å²) in [6.07, 6.45) is 10.4. The fourth-order valence-corrected chi connectivity index (χ4v) is 2.50. The van der Waals surface area contributed by atoms with Crippen molar-refractivity contribution < 1.29 is 0 Å². The second kappa shape index (κ2) is 11.8. The van der Waals surface area contributed by atoms with Crippen molar-refractivity contribution in [2.24, 2.45) is 5.92 Å². The molecule has 0 saturated carbocycles. The molecule has 0 aliphatic rings. The van der Waals surface area contributed by atoms with Gasteiger partial charge in [0.2, 0.25) is 0 Å². The molecule has 1 atom stereocenters. The van der Waals surface area contributed by atoms with Crippen LogP contribution in [0.5, 0.6) is 0 Å². The van der Waals surface area contributed by atoms with Gasteiger partial charge in [0.1, 0.15) is 0 Å². The van der Waals surface area contributed by atoms with Crippen LogP contribution in [0.15, 0.2) is 36.0 Å². The van der Waals surface area contributed by atoms with Gasteiger partial charge in [-0.1, -0.05) is 38.7 Å². The summed E-state index contributed by atoms with van der Waals surface area (Å²) in [7, 11) is 6.43. The number of nitrogens with zero attached hydrogens (tertiary/aromatic N) is 2. The van der Waals surface area contributed by atoms with Crippen LogP contribution in [-0.4, -0.2) is 50.6 Å². The summed E-state index contributed by atoms with van der Waals surface area (Å²) in [5.41, 5.74) is 2.61. The van der Waals surface area contributed by atoms with Crippen LogP contribution in [0, 0.1) is 5.92 Å². The summed E-state index contributed by atoms with van der Waals surface area (Å²) in [5.74, 6) is 0.618. The highest BCUT2D eigenvalue weighted by atomic mass is 15.1. The Hall–Kier alpha value is -0.860. The number of likely N-dealkylation sites (N-methyl/N-ethyl adjacent to an activating group) is 1. The largest absolute Gasteiger partial charge is 0.309 e. The zero-order valence-corrected chi connectivity index (χ0v) is 15.2. The maximum absolute atomic E-state index is 4.17. The van der Waals surface area contributed by atoms with E-state index in [1.807, 2.05) is 0 Å². The topological polar surface area (TPSA) is 6.48 Å². The fourth-order valence-electron chi connectivity index (χ4n) is 2.50. The van der Waals surface area contributed by atoms with Gasteiger partial charge >= 0.3 is 0 Å². The molecule has 0 bridgehead atoms. The lowest BCUT2D eigenvalue weighted by molar-refractivity contribution is 0.365. The van der Waals surface area contributed by atoms with Crippen molar-refractivity contribution >= 4 is 0 Å². The highest BCUT2D eigenvalue weighted by Gasteiger charge is 2.06. The van der Waals surface area contributed by atoms with Crippen LogP contribution < -0.4 is 0 Å². The van der Waals surface area contributed by atoms with Gasteiger partial charge in [0, 0.05) is 6.54 Å². The monoisotopic (exact) mass is 292 g/mol. The first-order valence-corrected chi connectivity index (χ1v) is 8.26. The number of rotatable bonds is 11. The zero-order chi connectivity index (χ0) is 16.3. The Bertz CT molecular complexity index is 339. The van der Waals surface area contributed by atoms with E-state index in [9.17, 15) is 0 Å². The van der Waals surface area contributed by atoms with Crippen molar-refractivity contribution in [3.05, 3.63) is 36.0 Å². The molecule has 0 aliphatic carbocycles. The fraction of sp³-hybridized carbons (Fsp3) is 0.684. The minimum atomic E-state index is 0.618. The van der Waals surface area contributed by atoms with Gasteiger partial charge in [-0.15, -0.1) is 0 Å². The molecule has 2 nitrogen and oxygen atoms in total. The van der Waals surface area contributed by atoms with Crippen molar-refractivity contribution in [1.82, 2.24) is 9.80 Å². The SMILES string of the molecule is C=C(/C=C\C(=C/C)C(C)CCCN(C)C)CN(C)CCC. The molecular weight excluding hydrogens is 256 g/mol. The number of hydrogen-bond donors (Lipinski definition) is 0. The molecule has 21 heavy (non-hydrogen) atoms. The molecule has 0 spiro atoms. The van der Waals surface area contributed by atoms with E-state index in [0.717, 1.165) is 13.1 Å². The maximum atomic E-state index is 4.17. The van der Waals surface area contributed by atoms with Crippen LogP contribution in [-0.2, 0) is 0 Å². The molecule has 1 unspecified atom stereocenters. The molecule has 0 amide bonds. The predicted molar refractivity (Wildman–Crippen MR) is 96.8 cm³/mol. The summed E-state index contributed by atoms with van der Waals surface area (Å²) in [5, 5.41) is 0. The van der Waals surface area contributed by atoms with Crippen molar-refractivity contribution in [2.75, 3.05) is 40.8 Å². The molecule has 0 radical (unpaired) electrons. The van der Waals surface area contributed by atoms with Crippen LogP contribution >= 0.6 is 0 Å². The Morgan fingerprint density at radius 2 is 1.81 bits per heavy atom. The first-order chi connectivity index (χ1) is 9.90. The number of allylic oxidation sites excluding steroid dienone is 3. The van der Waals surface area contributed by atoms with E-state index in [0.29, 0.717) is 5.92 Å². The van der Waals surface area contributed by atoms with Gasteiger partial charge < -0.3 is 9.80 Å². The van der Waals surface area contributed by atoms with Crippen molar-refractivity contribution in [3.63, 3.8) is 0 Å². The predicted octanol–water partition coefficient (Wildman–Crippen LogP) is 4.36. The second-order valence-electron chi connectivity index (χ2n) is 6.36. The van der Waals surface area contributed by atoms with Crippen LogP contribution in [0.1, 0.15) is 40.0 Å². The zero-order valence-electron chi connectivity index (χ0n) is 15.2. The minimum Gasteiger partial charge on any atom is -0.309 e. The molecule has 0 aromatic rings. The van der Waals surface area contributed by atoms with Crippen LogP contribution in [0.3, 0.4) is 0 Å².